The van der Waals surface area contributed by atoms with Crippen molar-refractivity contribution >= 4 is 11.0 Å². The summed E-state index contributed by atoms with van der Waals surface area (Å²) in [6.07, 6.45) is 1.91. The summed E-state index contributed by atoms with van der Waals surface area (Å²) in [7, 11) is 0. The molecule has 0 saturated carbocycles. The largest absolute Gasteiger partial charge is 0.507 e. The first-order chi connectivity index (χ1) is 29.7. The predicted molar refractivity (Wildman–Crippen MR) is 260 cm³/mol. The van der Waals surface area contributed by atoms with Crippen LogP contribution in [0, 0.1) is 13.8 Å². The van der Waals surface area contributed by atoms with Gasteiger partial charge in [-0.1, -0.05) is 162 Å². The molecule has 0 aliphatic rings. The Morgan fingerprint density at radius 2 is 1.11 bits per heavy atom. The molecule has 0 amide bonds. The molecule has 0 saturated heterocycles. The third kappa shape index (κ3) is 7.74. The fraction of sp³-hybridized carbons (Fsp3) is 0.172. The first-order valence-corrected chi connectivity index (χ1v) is 21.5. The monoisotopic (exact) mass is 807 g/mol. The lowest BCUT2D eigenvalue weighted by molar-refractivity contribution is 0.446. The summed E-state index contributed by atoms with van der Waals surface area (Å²) < 4.78 is 2.27. The number of hydrogen-bond acceptors (Lipinski definition) is 3. The van der Waals surface area contributed by atoms with Crippen LogP contribution in [0.3, 0.4) is 0 Å². The van der Waals surface area contributed by atoms with Crippen LogP contribution in [0.5, 0.6) is 5.75 Å². The maximum Gasteiger partial charge on any atom is 0.149 e. The van der Waals surface area contributed by atoms with Crippen LogP contribution >= 0.6 is 0 Å². The van der Waals surface area contributed by atoms with Gasteiger partial charge in [0.2, 0.25) is 0 Å². The van der Waals surface area contributed by atoms with Crippen LogP contribution in [-0.2, 0) is 10.8 Å². The van der Waals surface area contributed by atoms with E-state index in [1.807, 2.05) is 6.20 Å². The molecule has 7 aromatic carbocycles. The van der Waals surface area contributed by atoms with Crippen LogP contribution in [-0.4, -0.2) is 19.6 Å². The van der Waals surface area contributed by atoms with Gasteiger partial charge < -0.3 is 5.11 Å². The van der Waals surface area contributed by atoms with Crippen LogP contribution < -0.4 is 0 Å². The van der Waals surface area contributed by atoms with Crippen molar-refractivity contribution in [2.75, 3.05) is 0 Å². The summed E-state index contributed by atoms with van der Waals surface area (Å²) in [5.41, 5.74) is 18.0. The zero-order chi connectivity index (χ0) is 43.3. The van der Waals surface area contributed by atoms with Gasteiger partial charge in [0.1, 0.15) is 11.6 Å². The summed E-state index contributed by atoms with van der Waals surface area (Å²) >= 11 is 0. The van der Waals surface area contributed by atoms with Crippen molar-refractivity contribution in [3.8, 4) is 78.6 Å². The Labute approximate surface area is 366 Å². The second-order valence-electron chi connectivity index (χ2n) is 18.7. The Bertz CT molecular complexity index is 3090. The molecule has 0 atom stereocenters. The fourth-order valence-electron chi connectivity index (χ4n) is 8.50. The number of rotatable bonds is 7. The molecule has 0 fully saturated rings. The minimum Gasteiger partial charge on any atom is -0.507 e. The molecule has 9 aromatic rings. The summed E-state index contributed by atoms with van der Waals surface area (Å²) in [5.74, 6) is 0.944. The lowest BCUT2D eigenvalue weighted by atomic mass is 9.79. The first-order valence-electron chi connectivity index (χ1n) is 21.5. The second kappa shape index (κ2) is 15.8. The van der Waals surface area contributed by atoms with E-state index in [9.17, 15) is 5.11 Å². The number of para-hydroxylation sites is 1. The Morgan fingerprint density at radius 1 is 0.468 bits per heavy atom. The number of imidazole rings is 1. The molecule has 0 spiro atoms. The third-order valence-corrected chi connectivity index (χ3v) is 12.0. The lowest BCUT2D eigenvalue weighted by Gasteiger charge is -2.27. The number of phenolic OH excluding ortho intramolecular Hbond substituents is 1. The third-order valence-electron chi connectivity index (χ3n) is 12.0. The average molecular weight is 808 g/mol. The van der Waals surface area contributed by atoms with Gasteiger partial charge in [-0.25, -0.2) is 4.98 Å². The number of phenols is 1. The van der Waals surface area contributed by atoms with Gasteiger partial charge in [0.05, 0.1) is 28.0 Å². The molecular formula is C58H53N3O. The van der Waals surface area contributed by atoms with Crippen molar-refractivity contribution in [3.05, 3.63) is 192 Å². The van der Waals surface area contributed by atoms with E-state index in [0.29, 0.717) is 11.4 Å². The van der Waals surface area contributed by atoms with E-state index in [0.717, 1.165) is 89.2 Å². The standard InChI is InChI=1S/C58H53N3O/c1-37-22-25-40(26-23-37)42-28-29-59-51(34-42)45-32-43(39-16-11-9-12-17-39)31-44(33-45)47-20-15-21-53-54(47)60-56(49-35-46(57(3,4)5)36-50(55(49)62)58(6,7)8)61(53)52-27-24-38(2)30-48(52)41-18-13-10-14-19-41/h9-36,62H,1-8H3. The van der Waals surface area contributed by atoms with Gasteiger partial charge in [0.25, 0.3) is 0 Å². The van der Waals surface area contributed by atoms with Crippen LogP contribution in [0.15, 0.2) is 170 Å². The van der Waals surface area contributed by atoms with Crippen molar-refractivity contribution in [3.63, 3.8) is 0 Å². The van der Waals surface area contributed by atoms with E-state index in [4.69, 9.17) is 9.97 Å². The van der Waals surface area contributed by atoms with E-state index in [1.165, 1.54) is 5.56 Å². The molecule has 306 valence electrons. The van der Waals surface area contributed by atoms with Gasteiger partial charge in [0, 0.05) is 28.5 Å². The Balaban J connectivity index is 1.35. The molecule has 0 aliphatic heterocycles. The maximum absolute atomic E-state index is 12.5. The molecule has 0 bridgehead atoms. The summed E-state index contributed by atoms with van der Waals surface area (Å²) in [5, 5.41) is 12.5. The number of aromatic nitrogens is 3. The van der Waals surface area contributed by atoms with Crippen molar-refractivity contribution in [1.29, 1.82) is 0 Å². The molecule has 1 N–H and O–H groups in total. The molecule has 0 unspecified atom stereocenters. The normalized spacial score (nSPS) is 11.9. The zero-order valence-corrected chi connectivity index (χ0v) is 37.0. The second-order valence-corrected chi connectivity index (χ2v) is 18.7. The summed E-state index contributed by atoms with van der Waals surface area (Å²) in [6, 6.07) is 58.2. The van der Waals surface area contributed by atoms with E-state index in [1.54, 1.807) is 0 Å². The topological polar surface area (TPSA) is 50.9 Å². The molecule has 4 heteroatoms. The summed E-state index contributed by atoms with van der Waals surface area (Å²) in [4.78, 5) is 10.6. The smallest absolute Gasteiger partial charge is 0.149 e. The lowest BCUT2D eigenvalue weighted by Crippen LogP contribution is -2.17. The average Bonchev–Trinajstić information content (AvgIpc) is 3.66. The zero-order valence-electron chi connectivity index (χ0n) is 37.0. The van der Waals surface area contributed by atoms with Gasteiger partial charge in [-0.05, 0) is 118 Å². The van der Waals surface area contributed by atoms with Gasteiger partial charge in [-0.15, -0.1) is 0 Å². The highest BCUT2D eigenvalue weighted by molar-refractivity contribution is 5.98. The molecular weight excluding hydrogens is 755 g/mol. The Morgan fingerprint density at radius 3 is 1.81 bits per heavy atom. The van der Waals surface area contributed by atoms with Gasteiger partial charge in [-0.3, -0.25) is 9.55 Å². The van der Waals surface area contributed by atoms with Crippen molar-refractivity contribution in [2.24, 2.45) is 0 Å². The van der Waals surface area contributed by atoms with Crippen molar-refractivity contribution in [2.45, 2.75) is 66.2 Å². The van der Waals surface area contributed by atoms with Crippen molar-refractivity contribution < 1.29 is 5.11 Å². The molecule has 0 radical (unpaired) electrons. The highest BCUT2D eigenvalue weighted by Gasteiger charge is 2.29. The van der Waals surface area contributed by atoms with Gasteiger partial charge >= 0.3 is 0 Å². The first kappa shape index (κ1) is 40.4. The van der Waals surface area contributed by atoms with Gasteiger partial charge in [0.15, 0.2) is 0 Å². The molecule has 9 rings (SSSR count). The Kier molecular flexibility index (Phi) is 10.3. The highest BCUT2D eigenvalue weighted by atomic mass is 16.3. The Hall–Kier alpha value is -7.04. The molecule has 2 heterocycles. The molecule has 2 aromatic heterocycles. The number of benzene rings is 7. The van der Waals surface area contributed by atoms with Crippen LogP contribution in [0.1, 0.15) is 63.8 Å². The van der Waals surface area contributed by atoms with Crippen LogP contribution in [0.25, 0.3) is 83.9 Å². The summed E-state index contributed by atoms with van der Waals surface area (Å²) in [6.45, 7) is 17.4. The minimum atomic E-state index is -0.319. The van der Waals surface area contributed by atoms with Crippen LogP contribution in [0.4, 0.5) is 0 Å². The van der Waals surface area contributed by atoms with E-state index in [2.05, 4.69) is 224 Å². The number of aromatic hydroxyl groups is 1. The van der Waals surface area contributed by atoms with E-state index in [-0.39, 0.29) is 16.6 Å². The van der Waals surface area contributed by atoms with Crippen LogP contribution in [0.2, 0.25) is 0 Å². The van der Waals surface area contributed by atoms with E-state index < -0.39 is 0 Å². The number of hydrogen-bond donors (Lipinski definition) is 1. The predicted octanol–water partition coefficient (Wildman–Crippen LogP) is 15.3. The molecule has 0 aliphatic carbocycles. The quantitative estimate of drug-likeness (QED) is 0.174. The molecule has 4 nitrogen and oxygen atoms in total. The number of fused-ring (bicyclic) bond motifs is 1. The van der Waals surface area contributed by atoms with Crippen molar-refractivity contribution in [1.82, 2.24) is 14.5 Å². The van der Waals surface area contributed by atoms with E-state index >= 15 is 0 Å². The fourth-order valence-corrected chi connectivity index (χ4v) is 8.50. The number of nitrogens with zero attached hydrogens (tertiary/aromatic N) is 3. The molecule has 62 heavy (non-hydrogen) atoms. The SMILES string of the molecule is Cc1ccc(-c2ccnc(-c3cc(-c4ccccc4)cc(-c4cccc5c4nc(-c4cc(C(C)(C)C)cc(C(C)(C)C)c4O)n5-c4ccc(C)cc4-c4ccccc4)c3)c2)cc1. The van der Waals surface area contributed by atoms with Gasteiger partial charge in [-0.2, -0.15) is 0 Å². The highest BCUT2D eigenvalue weighted by Crippen LogP contribution is 2.46. The number of aryl methyl sites for hydroxylation is 2. The number of pyridine rings is 1. The maximum atomic E-state index is 12.5. The minimum absolute atomic E-state index is 0.178.